The molecule has 326 valence electrons. The average molecular weight is 867 g/mol. The van der Waals surface area contributed by atoms with Crippen molar-refractivity contribution in [3.63, 3.8) is 0 Å². The Hall–Kier alpha value is -5.82. The molecule has 16 nitrogen and oxygen atoms in total. The number of carbonyl (C=O) groups excluding carboxylic acids is 4. The van der Waals surface area contributed by atoms with Crippen LogP contribution in [0.25, 0.3) is 31.9 Å². The van der Waals surface area contributed by atoms with Crippen molar-refractivity contribution in [1.29, 1.82) is 0 Å². The van der Waals surface area contributed by atoms with Crippen molar-refractivity contribution in [1.82, 2.24) is 20.2 Å². The van der Waals surface area contributed by atoms with Gasteiger partial charge in [0.15, 0.2) is 0 Å². The van der Waals surface area contributed by atoms with Crippen molar-refractivity contribution in [2.45, 2.75) is 18.9 Å². The first-order valence-electron chi connectivity index (χ1n) is 20.5. The zero-order valence-corrected chi connectivity index (χ0v) is 35.6. The summed E-state index contributed by atoms with van der Waals surface area (Å²) in [7, 11) is 3.96. The highest BCUT2D eigenvalue weighted by atomic mass is 32.1. The van der Waals surface area contributed by atoms with E-state index in [1.54, 1.807) is 17.4 Å². The molecule has 1 saturated heterocycles. The van der Waals surface area contributed by atoms with Gasteiger partial charge in [-0.25, -0.2) is 9.97 Å². The fourth-order valence-electron chi connectivity index (χ4n) is 6.79. The monoisotopic (exact) mass is 866 g/mol. The van der Waals surface area contributed by atoms with Crippen LogP contribution in [0.4, 0.5) is 11.5 Å². The van der Waals surface area contributed by atoms with Crippen LogP contribution in [0.15, 0.2) is 79.0 Å². The molecule has 2 aliphatic heterocycles. The number of hydrogen-bond acceptors (Lipinski definition) is 15. The second-order valence-corrected chi connectivity index (χ2v) is 15.6. The Morgan fingerprint density at radius 2 is 1.34 bits per heavy atom. The van der Waals surface area contributed by atoms with Crippen molar-refractivity contribution in [2.75, 3.05) is 104 Å². The first-order valence-corrected chi connectivity index (χ1v) is 21.3. The molecule has 0 aliphatic carbocycles. The van der Waals surface area contributed by atoms with Crippen molar-refractivity contribution >= 4 is 56.7 Å². The van der Waals surface area contributed by atoms with Crippen molar-refractivity contribution < 1.29 is 47.6 Å². The molecule has 62 heavy (non-hydrogen) atoms. The number of aromatic nitrogens is 2. The van der Waals surface area contributed by atoms with Crippen molar-refractivity contribution in [3.05, 3.63) is 90.1 Å². The molecule has 2 N–H and O–H groups in total. The molecule has 1 atom stereocenters. The number of amides is 4. The van der Waals surface area contributed by atoms with E-state index in [2.05, 4.69) is 52.0 Å². The van der Waals surface area contributed by atoms with Gasteiger partial charge in [0.25, 0.3) is 11.8 Å². The third-order valence-electron chi connectivity index (χ3n) is 10.0. The van der Waals surface area contributed by atoms with Crippen LogP contribution in [0, 0.1) is 0 Å². The van der Waals surface area contributed by atoms with E-state index in [1.807, 2.05) is 43.4 Å². The molecule has 4 amide bonds. The number of carbonyl (C=O) groups is 4. The standard InChI is InChI=1S/C45H50N6O10S/c1-50(2)40-13-7-32(29-47-40)30-3-5-31(6-4-30)43-48-37-11-8-33(27-39(37)62-43)46-15-16-56-17-18-57-19-20-58-21-22-59-23-24-60-25-26-61-34-9-10-35-36(28-34)45(55)51(44(35)54)38-12-14-41(52)49-42(38)53/h3-11,13,27-29,38,46H,12,14-26H2,1-2H3,(H,49,52,53). The second kappa shape index (κ2) is 21.8. The first-order chi connectivity index (χ1) is 30.2. The Morgan fingerprint density at radius 3 is 1.98 bits per heavy atom. The number of pyridine rings is 1. The number of ether oxygens (including phenoxy) is 6. The number of benzene rings is 3. The van der Waals surface area contributed by atoms with Crippen LogP contribution in [0.2, 0.25) is 0 Å². The van der Waals surface area contributed by atoms with Crippen molar-refractivity contribution in [3.8, 4) is 27.4 Å². The number of piperidine rings is 1. The molecule has 0 bridgehead atoms. The van der Waals surface area contributed by atoms with Gasteiger partial charge in [-0.15, -0.1) is 11.3 Å². The minimum atomic E-state index is -1.01. The summed E-state index contributed by atoms with van der Waals surface area (Å²) in [6, 6.07) is 22.3. The van der Waals surface area contributed by atoms with Crippen LogP contribution < -0.4 is 20.3 Å². The van der Waals surface area contributed by atoms with Gasteiger partial charge in [-0.2, -0.15) is 0 Å². The van der Waals surface area contributed by atoms with Gasteiger partial charge in [-0.05, 0) is 60.5 Å². The number of anilines is 2. The molecular weight excluding hydrogens is 817 g/mol. The average Bonchev–Trinajstić information content (AvgIpc) is 3.81. The molecule has 1 unspecified atom stereocenters. The lowest BCUT2D eigenvalue weighted by molar-refractivity contribution is -0.136. The Balaban J connectivity index is 0.666. The molecule has 2 aliphatic rings. The van der Waals surface area contributed by atoms with E-state index >= 15 is 0 Å². The number of nitrogens with zero attached hydrogens (tertiary/aromatic N) is 4. The number of nitrogens with one attached hydrogen (secondary N) is 2. The zero-order chi connectivity index (χ0) is 43.3. The van der Waals surface area contributed by atoms with Gasteiger partial charge >= 0.3 is 0 Å². The molecule has 4 heterocycles. The predicted octanol–water partition coefficient (Wildman–Crippen LogP) is 5.07. The number of thiazole rings is 1. The maximum Gasteiger partial charge on any atom is 0.262 e. The summed E-state index contributed by atoms with van der Waals surface area (Å²) in [5.41, 5.74) is 5.62. The summed E-state index contributed by atoms with van der Waals surface area (Å²) in [5, 5.41) is 6.59. The van der Waals surface area contributed by atoms with Crippen LogP contribution in [0.5, 0.6) is 5.75 Å². The highest BCUT2D eigenvalue weighted by Gasteiger charge is 2.44. The van der Waals surface area contributed by atoms with Gasteiger partial charge < -0.3 is 38.6 Å². The maximum atomic E-state index is 13.0. The highest BCUT2D eigenvalue weighted by molar-refractivity contribution is 7.21. The van der Waals surface area contributed by atoms with Gasteiger partial charge in [0, 0.05) is 50.1 Å². The summed E-state index contributed by atoms with van der Waals surface area (Å²) in [4.78, 5) is 61.8. The third kappa shape index (κ3) is 11.5. The Morgan fingerprint density at radius 1 is 0.710 bits per heavy atom. The number of hydrogen-bond donors (Lipinski definition) is 2. The van der Waals surface area contributed by atoms with E-state index in [4.69, 9.17) is 33.4 Å². The van der Waals surface area contributed by atoms with E-state index in [0.29, 0.717) is 78.4 Å². The second-order valence-electron chi connectivity index (χ2n) is 14.6. The fourth-order valence-corrected chi connectivity index (χ4v) is 7.80. The summed E-state index contributed by atoms with van der Waals surface area (Å²) >= 11 is 1.67. The molecule has 0 saturated carbocycles. The van der Waals surface area contributed by atoms with Crippen LogP contribution >= 0.6 is 11.3 Å². The van der Waals surface area contributed by atoms with Crippen LogP contribution in [-0.2, 0) is 33.3 Å². The molecule has 2 aromatic heterocycles. The summed E-state index contributed by atoms with van der Waals surface area (Å²) < 4.78 is 34.8. The van der Waals surface area contributed by atoms with E-state index in [0.717, 1.165) is 48.3 Å². The molecular formula is C45H50N6O10S. The fraction of sp³-hybridized carbons (Fsp3) is 0.378. The molecule has 0 radical (unpaired) electrons. The van der Waals surface area contributed by atoms with Gasteiger partial charge in [-0.3, -0.25) is 29.4 Å². The van der Waals surface area contributed by atoms with E-state index in [9.17, 15) is 19.2 Å². The molecule has 0 spiro atoms. The summed E-state index contributed by atoms with van der Waals surface area (Å²) in [5.74, 6) is -0.894. The number of rotatable bonds is 24. The molecule has 7 rings (SSSR count). The number of fused-ring (bicyclic) bond motifs is 2. The Kier molecular flexibility index (Phi) is 15.6. The smallest absolute Gasteiger partial charge is 0.262 e. The van der Waals surface area contributed by atoms with Crippen LogP contribution in [0.3, 0.4) is 0 Å². The van der Waals surface area contributed by atoms with Gasteiger partial charge in [0.05, 0.1) is 87.4 Å². The molecule has 17 heteroatoms. The highest BCUT2D eigenvalue weighted by Crippen LogP contribution is 2.34. The van der Waals surface area contributed by atoms with Crippen molar-refractivity contribution in [2.24, 2.45) is 0 Å². The maximum absolute atomic E-state index is 13.0. The quantitative estimate of drug-likeness (QED) is 0.0621. The Bertz CT molecular complexity index is 2320. The largest absolute Gasteiger partial charge is 0.491 e. The predicted molar refractivity (Wildman–Crippen MR) is 234 cm³/mol. The molecule has 5 aromatic rings. The molecule has 1 fully saturated rings. The third-order valence-corrected chi connectivity index (χ3v) is 11.1. The van der Waals surface area contributed by atoms with Gasteiger partial charge in [0.1, 0.15) is 29.2 Å². The lowest BCUT2D eigenvalue weighted by atomic mass is 10.0. The van der Waals surface area contributed by atoms with Gasteiger partial charge in [0.2, 0.25) is 11.8 Å². The molecule has 3 aromatic carbocycles. The van der Waals surface area contributed by atoms with E-state index in [1.165, 1.54) is 12.1 Å². The SMILES string of the molecule is CN(C)c1ccc(-c2ccc(-c3nc4ccc(NCCOCCOCCOCCOCCOCCOc5ccc6c(c5)C(=O)N(C5CCC(=O)NC5=O)C6=O)cc4s3)cc2)cn1. The normalized spacial score (nSPS) is 15.0. The van der Waals surface area contributed by atoms with E-state index < -0.39 is 29.7 Å². The van der Waals surface area contributed by atoms with Gasteiger partial charge in [-0.1, -0.05) is 24.3 Å². The minimum Gasteiger partial charge on any atom is -0.491 e. The van der Waals surface area contributed by atoms with E-state index in [-0.39, 0.29) is 30.6 Å². The number of imide groups is 2. The lowest BCUT2D eigenvalue weighted by Crippen LogP contribution is -2.54. The van der Waals surface area contributed by atoms with Crippen LogP contribution in [-0.4, -0.2) is 138 Å². The zero-order valence-electron chi connectivity index (χ0n) is 34.8. The summed E-state index contributed by atoms with van der Waals surface area (Å²) in [6.45, 7) is 5.22. The lowest BCUT2D eigenvalue weighted by Gasteiger charge is -2.27. The topological polar surface area (TPSA) is 180 Å². The van der Waals surface area contributed by atoms with Crippen LogP contribution in [0.1, 0.15) is 33.6 Å². The first kappa shape index (κ1) is 44.2. The summed E-state index contributed by atoms with van der Waals surface area (Å²) in [6.07, 6.45) is 2.06. The minimum absolute atomic E-state index is 0.0616. The Labute approximate surface area is 363 Å².